The van der Waals surface area contributed by atoms with Crippen LogP contribution in [0.5, 0.6) is 0 Å². The number of aliphatic carboxylic acids is 1. The van der Waals surface area contributed by atoms with Gasteiger partial charge in [0.2, 0.25) is 0 Å². The molecule has 1 unspecified atom stereocenters. The van der Waals surface area contributed by atoms with Gasteiger partial charge in [-0.05, 0) is 17.9 Å². The number of nitrogens with zero attached hydrogens (tertiary/aromatic N) is 1. The van der Waals surface area contributed by atoms with Crippen molar-refractivity contribution in [2.75, 3.05) is 25.5 Å². The van der Waals surface area contributed by atoms with E-state index in [-0.39, 0.29) is 12.0 Å². The Bertz CT molecular complexity index is 662. The predicted octanol–water partition coefficient (Wildman–Crippen LogP) is 2.77. The molecule has 1 atom stereocenters. The zero-order valence-corrected chi connectivity index (χ0v) is 15.0. The summed E-state index contributed by atoms with van der Waals surface area (Å²) in [6.45, 7) is 6.61. The van der Waals surface area contributed by atoms with Gasteiger partial charge in [-0.1, -0.05) is 20.8 Å². The Morgan fingerprint density at radius 3 is 2.54 bits per heavy atom. The molecule has 2 N–H and O–H groups in total. The van der Waals surface area contributed by atoms with Gasteiger partial charge in [0.15, 0.2) is 0 Å². The molecular formula is C16H22N2O5S. The van der Waals surface area contributed by atoms with Crippen LogP contribution in [0.1, 0.15) is 42.4 Å². The molecule has 7 nitrogen and oxygen atoms in total. The largest absolute Gasteiger partial charge is 0.481 e. The molecule has 0 saturated carbocycles. The number of hydrogen-bond acceptors (Lipinski definition) is 5. The minimum absolute atomic E-state index is 0.168. The van der Waals surface area contributed by atoms with Crippen molar-refractivity contribution in [3.8, 4) is 0 Å². The molecule has 0 aromatic carbocycles. The van der Waals surface area contributed by atoms with Gasteiger partial charge in [0.25, 0.3) is 0 Å². The topological polar surface area (TPSA) is 95.9 Å². The zero-order chi connectivity index (χ0) is 18.1. The third-order valence-corrected chi connectivity index (χ3v) is 5.40. The van der Waals surface area contributed by atoms with Crippen molar-refractivity contribution in [3.63, 3.8) is 0 Å². The minimum Gasteiger partial charge on any atom is -0.481 e. The van der Waals surface area contributed by atoms with E-state index in [1.54, 1.807) is 6.07 Å². The smallest absolute Gasteiger partial charge is 0.340 e. The van der Waals surface area contributed by atoms with Crippen LogP contribution in [-0.4, -0.2) is 48.2 Å². The summed E-state index contributed by atoms with van der Waals surface area (Å²) in [5.41, 5.74) is 0.146. The van der Waals surface area contributed by atoms with E-state index in [0.29, 0.717) is 23.5 Å². The van der Waals surface area contributed by atoms with Crippen molar-refractivity contribution in [3.05, 3.63) is 16.5 Å². The fourth-order valence-corrected chi connectivity index (χ4v) is 3.53. The Morgan fingerprint density at radius 1 is 1.38 bits per heavy atom. The van der Waals surface area contributed by atoms with Crippen LogP contribution < -0.4 is 5.32 Å². The van der Waals surface area contributed by atoms with Gasteiger partial charge in [0.05, 0.1) is 18.6 Å². The molecule has 0 radical (unpaired) electrons. The summed E-state index contributed by atoms with van der Waals surface area (Å²) in [4.78, 5) is 37.8. The average Bonchev–Trinajstić information content (AvgIpc) is 3.12. The maximum Gasteiger partial charge on any atom is 0.340 e. The standard InChI is InChI=1S/C16H22N2O5S/c1-16(2,3)11-7-10(14(21)23-4)12(24-11)17-15(22)18-6-5-9(8-18)13(19)20/h7,9H,5-6,8H2,1-4H3,(H,17,22)(H,19,20). The van der Waals surface area contributed by atoms with Gasteiger partial charge in [0, 0.05) is 18.0 Å². The number of rotatable bonds is 3. The van der Waals surface area contributed by atoms with Gasteiger partial charge in [0.1, 0.15) is 5.00 Å². The monoisotopic (exact) mass is 354 g/mol. The molecule has 0 bridgehead atoms. The van der Waals surface area contributed by atoms with Crippen LogP contribution in [0.3, 0.4) is 0 Å². The number of likely N-dealkylation sites (tertiary alicyclic amines) is 1. The zero-order valence-electron chi connectivity index (χ0n) is 14.2. The second-order valence-corrected chi connectivity index (χ2v) is 7.85. The molecule has 24 heavy (non-hydrogen) atoms. The number of ether oxygens (including phenoxy) is 1. The molecule has 1 fully saturated rings. The number of carbonyl (C=O) groups excluding carboxylic acids is 2. The summed E-state index contributed by atoms with van der Waals surface area (Å²) < 4.78 is 4.78. The van der Waals surface area contributed by atoms with Crippen LogP contribution in [-0.2, 0) is 14.9 Å². The SMILES string of the molecule is COC(=O)c1cc(C(C)(C)C)sc1NC(=O)N1CCC(C(=O)O)C1. The van der Waals surface area contributed by atoms with E-state index in [9.17, 15) is 14.4 Å². The number of thiophene rings is 1. The third kappa shape index (κ3) is 3.87. The lowest BCUT2D eigenvalue weighted by Crippen LogP contribution is -2.33. The molecular weight excluding hydrogens is 332 g/mol. The van der Waals surface area contributed by atoms with Crippen molar-refractivity contribution in [2.45, 2.75) is 32.6 Å². The van der Waals surface area contributed by atoms with Crippen LogP contribution in [0.4, 0.5) is 9.80 Å². The van der Waals surface area contributed by atoms with Crippen LogP contribution in [0.2, 0.25) is 0 Å². The molecule has 2 heterocycles. The lowest BCUT2D eigenvalue weighted by atomic mass is 9.94. The van der Waals surface area contributed by atoms with Crippen LogP contribution in [0, 0.1) is 5.92 Å². The maximum atomic E-state index is 12.4. The van der Waals surface area contributed by atoms with Crippen molar-refractivity contribution >= 4 is 34.3 Å². The summed E-state index contributed by atoms with van der Waals surface area (Å²) in [6.07, 6.45) is 0.435. The van der Waals surface area contributed by atoms with E-state index < -0.39 is 23.9 Å². The first kappa shape index (κ1) is 18.3. The van der Waals surface area contributed by atoms with Crippen LogP contribution >= 0.6 is 11.3 Å². The molecule has 2 amide bonds. The van der Waals surface area contributed by atoms with E-state index in [1.807, 2.05) is 20.8 Å². The van der Waals surface area contributed by atoms with Gasteiger partial charge in [-0.25, -0.2) is 9.59 Å². The average molecular weight is 354 g/mol. The van der Waals surface area contributed by atoms with E-state index in [2.05, 4.69) is 5.32 Å². The molecule has 132 valence electrons. The van der Waals surface area contributed by atoms with E-state index in [0.717, 1.165) is 4.88 Å². The van der Waals surface area contributed by atoms with Crippen molar-refractivity contribution in [1.29, 1.82) is 0 Å². The summed E-state index contributed by atoms with van der Waals surface area (Å²) in [5.74, 6) is -1.95. The number of methoxy groups -OCH3 is 1. The molecule has 2 rings (SSSR count). The fourth-order valence-electron chi connectivity index (χ4n) is 2.44. The number of carboxylic acid groups (broad SMARTS) is 1. The highest BCUT2D eigenvalue weighted by Crippen LogP contribution is 2.36. The van der Waals surface area contributed by atoms with Gasteiger partial charge in [-0.15, -0.1) is 11.3 Å². The van der Waals surface area contributed by atoms with Gasteiger partial charge < -0.3 is 14.7 Å². The van der Waals surface area contributed by atoms with Gasteiger partial charge >= 0.3 is 18.0 Å². The second kappa shape index (κ2) is 6.80. The van der Waals surface area contributed by atoms with E-state index in [1.165, 1.54) is 23.3 Å². The molecule has 0 spiro atoms. The second-order valence-electron chi connectivity index (χ2n) is 6.80. The highest BCUT2D eigenvalue weighted by Gasteiger charge is 2.32. The molecule has 1 aliphatic rings. The van der Waals surface area contributed by atoms with Crippen molar-refractivity contribution in [2.24, 2.45) is 5.92 Å². The minimum atomic E-state index is -0.897. The lowest BCUT2D eigenvalue weighted by molar-refractivity contribution is -0.141. The Labute approximate surface area is 144 Å². The normalized spacial score (nSPS) is 17.7. The number of urea groups is 1. The molecule has 1 aromatic heterocycles. The fraction of sp³-hybridized carbons (Fsp3) is 0.562. The van der Waals surface area contributed by atoms with E-state index >= 15 is 0 Å². The first-order valence-electron chi connectivity index (χ1n) is 7.65. The molecule has 1 saturated heterocycles. The summed E-state index contributed by atoms with van der Waals surface area (Å²) in [7, 11) is 1.29. The number of amides is 2. The number of esters is 1. The summed E-state index contributed by atoms with van der Waals surface area (Å²) >= 11 is 1.33. The van der Waals surface area contributed by atoms with E-state index in [4.69, 9.17) is 9.84 Å². The molecule has 8 heteroatoms. The molecule has 1 aliphatic heterocycles. The number of nitrogens with one attached hydrogen (secondary N) is 1. The number of anilines is 1. The Morgan fingerprint density at radius 2 is 2.04 bits per heavy atom. The van der Waals surface area contributed by atoms with Crippen LogP contribution in [0.25, 0.3) is 0 Å². The molecule has 0 aliphatic carbocycles. The van der Waals surface area contributed by atoms with Crippen LogP contribution in [0.15, 0.2) is 6.07 Å². The summed E-state index contributed by atoms with van der Waals surface area (Å²) in [5, 5.41) is 12.2. The first-order chi connectivity index (χ1) is 11.1. The molecule has 1 aromatic rings. The Balaban J connectivity index is 2.19. The number of carbonyl (C=O) groups is 3. The Hall–Kier alpha value is -2.09. The third-order valence-electron chi connectivity index (χ3n) is 3.92. The van der Waals surface area contributed by atoms with Gasteiger partial charge in [-0.3, -0.25) is 10.1 Å². The lowest BCUT2D eigenvalue weighted by Gasteiger charge is -2.17. The number of carboxylic acids is 1. The maximum absolute atomic E-state index is 12.4. The number of hydrogen-bond donors (Lipinski definition) is 2. The summed E-state index contributed by atoms with van der Waals surface area (Å²) in [6, 6.07) is 1.34. The van der Waals surface area contributed by atoms with Crippen molar-refractivity contribution in [1.82, 2.24) is 4.90 Å². The highest BCUT2D eigenvalue weighted by molar-refractivity contribution is 7.16. The van der Waals surface area contributed by atoms with Crippen molar-refractivity contribution < 1.29 is 24.2 Å². The quantitative estimate of drug-likeness (QED) is 0.814. The van der Waals surface area contributed by atoms with Gasteiger partial charge in [-0.2, -0.15) is 0 Å². The predicted molar refractivity (Wildman–Crippen MR) is 90.7 cm³/mol. The highest BCUT2D eigenvalue weighted by atomic mass is 32.1. The Kier molecular flexibility index (Phi) is 5.17. The first-order valence-corrected chi connectivity index (χ1v) is 8.46.